The molecule has 0 spiro atoms. The molecule has 3 nitrogen and oxygen atoms in total. The number of benzene rings is 1. The Morgan fingerprint density at radius 1 is 1.37 bits per heavy atom. The van der Waals surface area contributed by atoms with Crippen molar-refractivity contribution < 1.29 is 9.18 Å². The molecule has 1 aromatic carbocycles. The van der Waals surface area contributed by atoms with E-state index < -0.39 is 5.82 Å². The average Bonchev–Trinajstić information content (AvgIpc) is 2.35. The fourth-order valence-corrected chi connectivity index (χ4v) is 2.69. The van der Waals surface area contributed by atoms with Crippen LogP contribution < -0.4 is 0 Å². The Hall–Kier alpha value is -0.940. The minimum Gasteiger partial charge on any atom is -0.335 e. The van der Waals surface area contributed by atoms with Crippen molar-refractivity contribution in [3.8, 4) is 0 Å². The van der Waals surface area contributed by atoms with E-state index in [1.165, 1.54) is 6.07 Å². The molecule has 1 amide bonds. The zero-order valence-electron chi connectivity index (χ0n) is 11.4. The van der Waals surface area contributed by atoms with E-state index in [4.69, 9.17) is 0 Å². The topological polar surface area (TPSA) is 23.6 Å². The number of nitrogens with zero attached hydrogens (tertiary/aromatic N) is 2. The number of rotatable bonds is 1. The number of piperazine rings is 1. The summed E-state index contributed by atoms with van der Waals surface area (Å²) in [7, 11) is 2.06. The van der Waals surface area contributed by atoms with E-state index in [1.807, 2.05) is 0 Å². The van der Waals surface area contributed by atoms with Crippen LogP contribution in [0.2, 0.25) is 0 Å². The SMILES string of the molecule is CN1CCN(C(=O)c2cccc(F)c2Br)CC1(C)C. The van der Waals surface area contributed by atoms with Gasteiger partial charge < -0.3 is 4.90 Å². The molecule has 19 heavy (non-hydrogen) atoms. The second-order valence-electron chi connectivity index (χ2n) is 5.56. The van der Waals surface area contributed by atoms with Crippen LogP contribution in [0.25, 0.3) is 0 Å². The maximum atomic E-state index is 13.5. The first kappa shape index (κ1) is 14.5. The highest BCUT2D eigenvalue weighted by Gasteiger charge is 2.34. The molecule has 0 atom stereocenters. The summed E-state index contributed by atoms with van der Waals surface area (Å²) in [5, 5.41) is 0. The van der Waals surface area contributed by atoms with E-state index >= 15 is 0 Å². The molecule has 1 aliphatic rings. The molecule has 5 heteroatoms. The Morgan fingerprint density at radius 2 is 2.05 bits per heavy atom. The van der Waals surface area contributed by atoms with Gasteiger partial charge in [0.2, 0.25) is 0 Å². The van der Waals surface area contributed by atoms with E-state index in [1.54, 1.807) is 17.0 Å². The Balaban J connectivity index is 2.23. The van der Waals surface area contributed by atoms with Gasteiger partial charge in [-0.2, -0.15) is 0 Å². The Kier molecular flexibility index (Phi) is 3.97. The van der Waals surface area contributed by atoms with Crippen LogP contribution in [0.15, 0.2) is 22.7 Å². The summed E-state index contributed by atoms with van der Waals surface area (Å²) in [6.07, 6.45) is 0. The molecular weight excluding hydrogens is 311 g/mol. The highest BCUT2D eigenvalue weighted by molar-refractivity contribution is 9.10. The van der Waals surface area contributed by atoms with E-state index in [0.717, 1.165) is 6.54 Å². The fraction of sp³-hybridized carbons (Fsp3) is 0.500. The van der Waals surface area contributed by atoms with Gasteiger partial charge in [-0.15, -0.1) is 0 Å². The van der Waals surface area contributed by atoms with Crippen molar-refractivity contribution in [3.05, 3.63) is 34.1 Å². The number of hydrogen-bond donors (Lipinski definition) is 0. The largest absolute Gasteiger partial charge is 0.335 e. The molecule has 0 aromatic heterocycles. The molecule has 0 aliphatic carbocycles. The Bertz CT molecular complexity index is 504. The van der Waals surface area contributed by atoms with Crippen molar-refractivity contribution in [1.29, 1.82) is 0 Å². The van der Waals surface area contributed by atoms with Crippen molar-refractivity contribution >= 4 is 21.8 Å². The molecule has 0 unspecified atom stereocenters. The smallest absolute Gasteiger partial charge is 0.255 e. The van der Waals surface area contributed by atoms with Gasteiger partial charge in [-0.25, -0.2) is 4.39 Å². The van der Waals surface area contributed by atoms with Gasteiger partial charge in [-0.1, -0.05) is 6.07 Å². The van der Waals surface area contributed by atoms with Crippen LogP contribution in [-0.4, -0.2) is 47.9 Å². The van der Waals surface area contributed by atoms with Crippen LogP contribution in [0.3, 0.4) is 0 Å². The lowest BCUT2D eigenvalue weighted by molar-refractivity contribution is 0.0310. The van der Waals surface area contributed by atoms with E-state index in [0.29, 0.717) is 18.7 Å². The van der Waals surface area contributed by atoms with Crippen molar-refractivity contribution in [3.63, 3.8) is 0 Å². The van der Waals surface area contributed by atoms with Gasteiger partial charge in [0.05, 0.1) is 10.0 Å². The molecule has 1 aliphatic heterocycles. The molecule has 0 N–H and O–H groups in total. The van der Waals surface area contributed by atoms with Crippen molar-refractivity contribution in [2.24, 2.45) is 0 Å². The number of halogens is 2. The zero-order valence-corrected chi connectivity index (χ0v) is 13.0. The van der Waals surface area contributed by atoms with E-state index in [2.05, 4.69) is 41.7 Å². The van der Waals surface area contributed by atoms with Gasteiger partial charge in [0.25, 0.3) is 5.91 Å². The highest BCUT2D eigenvalue weighted by atomic mass is 79.9. The molecule has 0 radical (unpaired) electrons. The summed E-state index contributed by atoms with van der Waals surface area (Å²) in [5.41, 5.74) is 0.327. The number of likely N-dealkylation sites (N-methyl/N-ethyl adjacent to an activating group) is 1. The number of hydrogen-bond acceptors (Lipinski definition) is 2. The van der Waals surface area contributed by atoms with E-state index in [9.17, 15) is 9.18 Å². The van der Waals surface area contributed by atoms with Crippen LogP contribution in [-0.2, 0) is 0 Å². The predicted octanol–water partition coefficient (Wildman–Crippen LogP) is 2.75. The second-order valence-corrected chi connectivity index (χ2v) is 6.36. The van der Waals surface area contributed by atoms with E-state index in [-0.39, 0.29) is 15.9 Å². The minimum atomic E-state index is -0.403. The maximum Gasteiger partial charge on any atom is 0.255 e. The molecule has 2 rings (SSSR count). The second kappa shape index (κ2) is 5.21. The Morgan fingerprint density at radius 3 is 2.68 bits per heavy atom. The summed E-state index contributed by atoms with van der Waals surface area (Å²) in [5.74, 6) is -0.521. The summed E-state index contributed by atoms with van der Waals surface area (Å²) < 4.78 is 13.7. The third-order valence-corrected chi connectivity index (χ3v) is 4.59. The Labute approximate surface area is 121 Å². The molecule has 1 saturated heterocycles. The third kappa shape index (κ3) is 2.82. The van der Waals surface area contributed by atoms with Crippen LogP contribution in [0.1, 0.15) is 24.2 Å². The number of amides is 1. The van der Waals surface area contributed by atoms with Gasteiger partial charge in [-0.3, -0.25) is 9.69 Å². The number of carbonyl (C=O) groups is 1. The van der Waals surface area contributed by atoms with Crippen molar-refractivity contribution in [2.75, 3.05) is 26.7 Å². The van der Waals surface area contributed by atoms with Crippen molar-refractivity contribution in [1.82, 2.24) is 9.80 Å². The minimum absolute atomic E-state index is 0.0618. The molecule has 1 fully saturated rings. The van der Waals surface area contributed by atoms with Crippen LogP contribution in [0.5, 0.6) is 0 Å². The molecule has 0 bridgehead atoms. The molecule has 0 saturated carbocycles. The summed E-state index contributed by atoms with van der Waals surface area (Å²) in [6.45, 7) is 6.35. The number of carbonyl (C=O) groups excluding carboxylic acids is 1. The van der Waals surface area contributed by atoms with Crippen LogP contribution in [0.4, 0.5) is 4.39 Å². The first-order valence-corrected chi connectivity index (χ1v) is 7.07. The third-order valence-electron chi connectivity index (χ3n) is 3.79. The summed E-state index contributed by atoms with van der Waals surface area (Å²) >= 11 is 3.15. The average molecular weight is 329 g/mol. The molecule has 104 valence electrons. The van der Waals surface area contributed by atoms with Gasteiger partial charge in [0.1, 0.15) is 5.82 Å². The first-order chi connectivity index (χ1) is 8.83. The highest BCUT2D eigenvalue weighted by Crippen LogP contribution is 2.25. The standard InChI is InChI=1S/C14H18BrFN2O/c1-14(2)9-18(8-7-17(14)3)13(19)10-5-4-6-11(16)12(10)15/h4-6H,7-9H2,1-3H3. The molecule has 1 heterocycles. The van der Waals surface area contributed by atoms with Crippen LogP contribution in [0, 0.1) is 5.82 Å². The van der Waals surface area contributed by atoms with Gasteiger partial charge in [-0.05, 0) is 49.0 Å². The van der Waals surface area contributed by atoms with Crippen LogP contribution >= 0.6 is 15.9 Å². The lowest BCUT2D eigenvalue weighted by atomic mass is 9.99. The fourth-order valence-electron chi connectivity index (χ4n) is 2.25. The first-order valence-electron chi connectivity index (χ1n) is 6.27. The normalized spacial score (nSPS) is 19.5. The lowest BCUT2D eigenvalue weighted by Crippen LogP contribution is -2.58. The summed E-state index contributed by atoms with van der Waals surface area (Å²) in [4.78, 5) is 16.5. The summed E-state index contributed by atoms with van der Waals surface area (Å²) in [6, 6.07) is 4.56. The monoisotopic (exact) mass is 328 g/mol. The zero-order chi connectivity index (χ0) is 14.2. The quantitative estimate of drug-likeness (QED) is 0.791. The lowest BCUT2D eigenvalue weighted by Gasteiger charge is -2.45. The van der Waals surface area contributed by atoms with Gasteiger partial charge in [0.15, 0.2) is 0 Å². The predicted molar refractivity (Wildman–Crippen MR) is 76.7 cm³/mol. The van der Waals surface area contributed by atoms with Gasteiger partial charge in [0, 0.05) is 25.2 Å². The molecule has 1 aromatic rings. The van der Waals surface area contributed by atoms with Gasteiger partial charge >= 0.3 is 0 Å². The molecular formula is C14H18BrFN2O. The van der Waals surface area contributed by atoms with Crippen molar-refractivity contribution in [2.45, 2.75) is 19.4 Å². The maximum absolute atomic E-state index is 13.5.